The summed E-state index contributed by atoms with van der Waals surface area (Å²) in [6.07, 6.45) is 4.19. The van der Waals surface area contributed by atoms with E-state index in [1.807, 2.05) is 0 Å². The molecule has 1 atom stereocenters. The molecule has 1 heterocycles. The summed E-state index contributed by atoms with van der Waals surface area (Å²) in [4.78, 5) is 60.5. The second kappa shape index (κ2) is 12.8. The van der Waals surface area contributed by atoms with E-state index in [1.54, 1.807) is 7.05 Å². The smallest absolute Gasteiger partial charge is 0.246 e. The van der Waals surface area contributed by atoms with Gasteiger partial charge in [-0.25, -0.2) is 0 Å². The minimum absolute atomic E-state index is 0.0377. The molecule has 174 valence electrons. The summed E-state index contributed by atoms with van der Waals surface area (Å²) < 4.78 is 4.94. The van der Waals surface area contributed by atoms with Crippen molar-refractivity contribution in [3.63, 3.8) is 0 Å². The van der Waals surface area contributed by atoms with Crippen LogP contribution in [0.25, 0.3) is 0 Å². The molecule has 0 bridgehead atoms. The van der Waals surface area contributed by atoms with Crippen molar-refractivity contribution in [2.24, 2.45) is 11.8 Å². The Hall–Kier alpha value is -1.94. The molecule has 1 unspecified atom stereocenters. The number of hydrogen-bond acceptors (Lipinski definition) is 7. The third-order valence-corrected chi connectivity index (χ3v) is 6.90. The SMILES string of the molecule is CNC(=O)C1CCC(CN2C(=O)CC(SCCCNC(=O)COCC(C)=O)C2=O)CC1. The van der Waals surface area contributed by atoms with Crippen LogP contribution in [0.1, 0.15) is 45.4 Å². The van der Waals surface area contributed by atoms with Crippen molar-refractivity contribution in [3.8, 4) is 0 Å². The minimum Gasteiger partial charge on any atom is -0.364 e. The average Bonchev–Trinajstić information content (AvgIpc) is 3.00. The van der Waals surface area contributed by atoms with Gasteiger partial charge in [0.1, 0.15) is 13.2 Å². The number of amides is 4. The fraction of sp³-hybridized carbons (Fsp3) is 0.762. The van der Waals surface area contributed by atoms with Gasteiger partial charge < -0.3 is 15.4 Å². The number of rotatable bonds is 12. The maximum atomic E-state index is 12.7. The fourth-order valence-corrected chi connectivity index (χ4v) is 5.03. The lowest BCUT2D eigenvalue weighted by Crippen LogP contribution is -2.38. The van der Waals surface area contributed by atoms with Crippen LogP contribution < -0.4 is 10.6 Å². The minimum atomic E-state index is -0.357. The van der Waals surface area contributed by atoms with E-state index >= 15 is 0 Å². The molecule has 0 aromatic carbocycles. The number of Topliss-reactive ketones (excluding diaryl/α,β-unsaturated/α-hetero) is 1. The highest BCUT2D eigenvalue weighted by Crippen LogP contribution is 2.32. The number of imide groups is 1. The van der Waals surface area contributed by atoms with Gasteiger partial charge in [-0.2, -0.15) is 0 Å². The van der Waals surface area contributed by atoms with Gasteiger partial charge in [-0.3, -0.25) is 28.9 Å². The number of nitrogens with one attached hydrogen (secondary N) is 2. The third-order valence-electron chi connectivity index (χ3n) is 5.61. The highest BCUT2D eigenvalue weighted by atomic mass is 32.2. The number of hydrogen-bond donors (Lipinski definition) is 2. The van der Waals surface area contributed by atoms with Gasteiger partial charge in [-0.15, -0.1) is 11.8 Å². The second-order valence-electron chi connectivity index (χ2n) is 8.14. The lowest BCUT2D eigenvalue weighted by molar-refractivity contribution is -0.139. The quantitative estimate of drug-likeness (QED) is 0.325. The molecule has 1 aliphatic carbocycles. The molecule has 0 aromatic heterocycles. The topological polar surface area (TPSA) is 122 Å². The van der Waals surface area contributed by atoms with Crippen LogP contribution in [0.2, 0.25) is 0 Å². The highest BCUT2D eigenvalue weighted by molar-refractivity contribution is 8.00. The van der Waals surface area contributed by atoms with E-state index in [-0.39, 0.29) is 66.1 Å². The summed E-state index contributed by atoms with van der Waals surface area (Å²) in [5, 5.41) is 5.03. The molecule has 1 aliphatic heterocycles. The summed E-state index contributed by atoms with van der Waals surface area (Å²) in [6.45, 7) is 2.06. The van der Waals surface area contributed by atoms with Crippen molar-refractivity contribution in [2.75, 3.05) is 39.1 Å². The molecule has 4 amide bonds. The molecule has 2 rings (SSSR count). The van der Waals surface area contributed by atoms with Gasteiger partial charge in [0.15, 0.2) is 5.78 Å². The molecular formula is C21H33N3O6S. The molecule has 31 heavy (non-hydrogen) atoms. The number of likely N-dealkylation sites (tertiary alicyclic amines) is 1. The molecule has 2 fully saturated rings. The summed E-state index contributed by atoms with van der Waals surface area (Å²) >= 11 is 1.45. The van der Waals surface area contributed by atoms with Crippen molar-refractivity contribution >= 4 is 41.2 Å². The normalized spacial score (nSPS) is 23.7. The van der Waals surface area contributed by atoms with Gasteiger partial charge in [0.05, 0.1) is 5.25 Å². The van der Waals surface area contributed by atoms with Gasteiger partial charge in [0, 0.05) is 32.5 Å². The first-order valence-corrected chi connectivity index (χ1v) is 11.9. The van der Waals surface area contributed by atoms with Crippen LogP contribution in [0, 0.1) is 11.8 Å². The van der Waals surface area contributed by atoms with E-state index in [0.717, 1.165) is 25.7 Å². The van der Waals surface area contributed by atoms with Crippen LogP contribution in [0.4, 0.5) is 0 Å². The first-order valence-electron chi connectivity index (χ1n) is 10.8. The van der Waals surface area contributed by atoms with E-state index in [0.29, 0.717) is 25.3 Å². The van der Waals surface area contributed by atoms with Crippen molar-refractivity contribution in [1.29, 1.82) is 0 Å². The van der Waals surface area contributed by atoms with Gasteiger partial charge in [-0.05, 0) is 50.7 Å². The largest absolute Gasteiger partial charge is 0.364 e. The van der Waals surface area contributed by atoms with E-state index in [1.165, 1.54) is 23.6 Å². The van der Waals surface area contributed by atoms with Crippen molar-refractivity contribution in [1.82, 2.24) is 15.5 Å². The number of carbonyl (C=O) groups excluding carboxylic acids is 5. The zero-order valence-electron chi connectivity index (χ0n) is 18.3. The molecule has 2 N–H and O–H groups in total. The molecular weight excluding hydrogens is 422 g/mol. The van der Waals surface area contributed by atoms with Crippen LogP contribution in [0.3, 0.4) is 0 Å². The van der Waals surface area contributed by atoms with Gasteiger partial charge in [0.25, 0.3) is 0 Å². The Balaban J connectivity index is 1.63. The molecule has 10 heteroatoms. The first kappa shape index (κ1) is 25.3. The standard InChI is InChI=1S/C21H33N3O6S/c1-14(25)12-30-13-18(26)23-8-3-9-31-17-10-19(27)24(21(17)29)11-15-4-6-16(7-5-15)20(28)22-2/h15-17H,3-13H2,1-2H3,(H,22,28)(H,23,26). The van der Waals surface area contributed by atoms with Crippen molar-refractivity contribution in [3.05, 3.63) is 0 Å². The maximum absolute atomic E-state index is 12.7. The zero-order chi connectivity index (χ0) is 22.8. The molecule has 0 spiro atoms. The molecule has 0 aromatic rings. The lowest BCUT2D eigenvalue weighted by atomic mass is 9.81. The van der Waals surface area contributed by atoms with E-state index in [4.69, 9.17) is 4.74 Å². The molecule has 1 saturated heterocycles. The van der Waals surface area contributed by atoms with Crippen LogP contribution in [-0.2, 0) is 28.7 Å². The summed E-state index contributed by atoms with van der Waals surface area (Å²) in [5.74, 6) is 0.374. The first-order chi connectivity index (χ1) is 14.8. The van der Waals surface area contributed by atoms with Gasteiger partial charge in [0.2, 0.25) is 23.6 Å². The number of ether oxygens (including phenoxy) is 1. The van der Waals surface area contributed by atoms with E-state index in [2.05, 4.69) is 10.6 Å². The maximum Gasteiger partial charge on any atom is 0.246 e. The third kappa shape index (κ3) is 8.25. The van der Waals surface area contributed by atoms with Crippen LogP contribution in [-0.4, -0.2) is 78.7 Å². The highest BCUT2D eigenvalue weighted by Gasteiger charge is 2.40. The van der Waals surface area contributed by atoms with E-state index < -0.39 is 0 Å². The number of carbonyl (C=O) groups is 5. The van der Waals surface area contributed by atoms with Crippen LogP contribution in [0.15, 0.2) is 0 Å². The fourth-order valence-electron chi connectivity index (χ4n) is 3.91. The van der Waals surface area contributed by atoms with Gasteiger partial charge in [-0.1, -0.05) is 0 Å². The Morgan fingerprint density at radius 1 is 1.13 bits per heavy atom. The number of thioether (sulfide) groups is 1. The summed E-state index contributed by atoms with van der Waals surface area (Å²) in [5.41, 5.74) is 0. The summed E-state index contributed by atoms with van der Waals surface area (Å²) in [7, 11) is 1.65. The predicted molar refractivity (Wildman–Crippen MR) is 116 cm³/mol. The lowest BCUT2D eigenvalue weighted by Gasteiger charge is -2.29. The Bertz CT molecular complexity index is 678. The number of ketones is 1. The monoisotopic (exact) mass is 455 g/mol. The Morgan fingerprint density at radius 2 is 1.84 bits per heavy atom. The second-order valence-corrected chi connectivity index (χ2v) is 9.45. The number of nitrogens with zero attached hydrogens (tertiary/aromatic N) is 1. The van der Waals surface area contributed by atoms with Crippen molar-refractivity contribution in [2.45, 2.75) is 50.7 Å². The van der Waals surface area contributed by atoms with Crippen LogP contribution in [0.5, 0.6) is 0 Å². The van der Waals surface area contributed by atoms with Crippen LogP contribution >= 0.6 is 11.8 Å². The van der Waals surface area contributed by atoms with Gasteiger partial charge >= 0.3 is 0 Å². The molecule has 2 aliphatic rings. The zero-order valence-corrected chi connectivity index (χ0v) is 19.1. The average molecular weight is 456 g/mol. The predicted octanol–water partition coefficient (Wildman–Crippen LogP) is 0.511. The van der Waals surface area contributed by atoms with E-state index in [9.17, 15) is 24.0 Å². The van der Waals surface area contributed by atoms with Crippen molar-refractivity contribution < 1.29 is 28.7 Å². The Kier molecular flexibility index (Phi) is 10.5. The Labute approximate surface area is 187 Å². The summed E-state index contributed by atoms with van der Waals surface area (Å²) in [6, 6.07) is 0. The molecule has 0 radical (unpaired) electrons. The molecule has 9 nitrogen and oxygen atoms in total. The Morgan fingerprint density at radius 3 is 2.48 bits per heavy atom. The molecule has 1 saturated carbocycles.